The molecule has 2 fully saturated rings. The van der Waals surface area contributed by atoms with Crippen LogP contribution < -0.4 is 5.32 Å². The number of hydrogen-bond donors (Lipinski definition) is 1. The molecule has 1 unspecified atom stereocenters. The van der Waals surface area contributed by atoms with E-state index >= 15 is 0 Å². The minimum absolute atomic E-state index is 0.00683. The van der Waals surface area contributed by atoms with E-state index in [2.05, 4.69) is 236 Å². The molecule has 1 aliphatic heterocycles. The molecule has 2 spiro atoms. The molecule has 0 bridgehead atoms. The molecule has 9 aromatic carbocycles. The first kappa shape index (κ1) is 69.4. The Bertz CT molecular complexity index is 4600. The number of likely N-dealkylation sites (tertiary alicyclic amines) is 1. The van der Waals surface area contributed by atoms with Crippen molar-refractivity contribution in [3.8, 4) is 89.0 Å². The summed E-state index contributed by atoms with van der Waals surface area (Å²) in [6.45, 7) is 23.4. The van der Waals surface area contributed by atoms with Crippen LogP contribution in [-0.2, 0) is 31.2 Å². The molecule has 15 rings (SSSR count). The van der Waals surface area contributed by atoms with E-state index in [4.69, 9.17) is 4.74 Å². The maximum absolute atomic E-state index is 14.8. The van der Waals surface area contributed by atoms with Gasteiger partial charge in [0, 0.05) is 34.7 Å². The zero-order valence-corrected chi connectivity index (χ0v) is 63.0. The van der Waals surface area contributed by atoms with Gasteiger partial charge in [0.1, 0.15) is 11.6 Å². The van der Waals surface area contributed by atoms with Crippen molar-refractivity contribution < 1.29 is 14.3 Å². The van der Waals surface area contributed by atoms with Crippen LogP contribution >= 0.6 is 0 Å². The highest BCUT2D eigenvalue weighted by atomic mass is 16.6. The number of rotatable bonds is 24. The number of unbranched alkanes of at least 4 members (excludes halogenated alkanes) is 6. The Morgan fingerprint density at radius 2 is 0.725 bits per heavy atom. The number of alkyl carbamates (subject to hydrolysis) is 1. The topological polar surface area (TPSA) is 58.6 Å². The van der Waals surface area contributed by atoms with Gasteiger partial charge in [0.25, 0.3) is 0 Å². The zero-order chi connectivity index (χ0) is 70.8. The molecule has 1 saturated carbocycles. The van der Waals surface area contributed by atoms with E-state index in [0.29, 0.717) is 24.9 Å². The predicted octanol–water partition coefficient (Wildman–Crippen LogP) is 25.9. The molecule has 526 valence electrons. The van der Waals surface area contributed by atoms with Crippen molar-refractivity contribution in [1.29, 1.82) is 0 Å². The minimum Gasteiger partial charge on any atom is -0.444 e. The molecule has 1 heterocycles. The van der Waals surface area contributed by atoms with Crippen LogP contribution in [0.25, 0.3) is 89.0 Å². The lowest BCUT2D eigenvalue weighted by molar-refractivity contribution is -0.135. The number of amides is 2. The van der Waals surface area contributed by atoms with Gasteiger partial charge in [0.15, 0.2) is 0 Å². The second-order valence-electron chi connectivity index (χ2n) is 33.1. The second kappa shape index (κ2) is 27.7. The van der Waals surface area contributed by atoms with Crippen LogP contribution in [-0.4, -0.2) is 41.6 Å². The summed E-state index contributed by atoms with van der Waals surface area (Å²) >= 11 is 0. The maximum atomic E-state index is 14.8. The molecule has 1 N–H and O–H groups in total. The number of hydrogen-bond acceptors (Lipinski definition) is 3. The van der Waals surface area contributed by atoms with Crippen molar-refractivity contribution in [2.24, 2.45) is 5.41 Å². The third-order valence-electron chi connectivity index (χ3n) is 26.1. The van der Waals surface area contributed by atoms with Gasteiger partial charge in [-0.15, -0.1) is 0 Å². The first-order chi connectivity index (χ1) is 49.5. The van der Waals surface area contributed by atoms with Gasteiger partial charge in [-0.05, 0) is 266 Å². The van der Waals surface area contributed by atoms with E-state index in [1.165, 1.54) is 188 Å². The van der Waals surface area contributed by atoms with Gasteiger partial charge >= 0.3 is 6.09 Å². The number of carbonyl (C=O) groups is 2. The number of piperidine rings is 1. The van der Waals surface area contributed by atoms with Crippen molar-refractivity contribution in [3.05, 3.63) is 226 Å². The Labute approximate surface area is 610 Å². The van der Waals surface area contributed by atoms with Gasteiger partial charge in [-0.3, -0.25) is 4.79 Å². The van der Waals surface area contributed by atoms with E-state index in [0.717, 1.165) is 57.8 Å². The Balaban J connectivity index is 0.796. The molecular weight excluding hydrogens is 1240 g/mol. The van der Waals surface area contributed by atoms with Crippen LogP contribution in [0.2, 0.25) is 0 Å². The van der Waals surface area contributed by atoms with Crippen molar-refractivity contribution in [2.45, 2.75) is 244 Å². The van der Waals surface area contributed by atoms with Crippen LogP contribution in [0.3, 0.4) is 0 Å². The number of carbonyl (C=O) groups excluding carboxylic acids is 2. The molecular formula is C97H110N2O3. The van der Waals surface area contributed by atoms with Crippen molar-refractivity contribution in [1.82, 2.24) is 10.2 Å². The van der Waals surface area contributed by atoms with Gasteiger partial charge in [0.05, 0.1) is 0 Å². The minimum atomic E-state index is -0.666. The summed E-state index contributed by atoms with van der Waals surface area (Å²) < 4.78 is 5.73. The lowest BCUT2D eigenvalue weighted by Gasteiger charge is -2.56. The van der Waals surface area contributed by atoms with Gasteiger partial charge in [0.2, 0.25) is 5.91 Å². The summed E-state index contributed by atoms with van der Waals surface area (Å²) in [7, 11) is 0. The van der Waals surface area contributed by atoms with E-state index < -0.39 is 17.7 Å². The zero-order valence-electron chi connectivity index (χ0n) is 63.0. The molecule has 6 aliphatic rings. The summed E-state index contributed by atoms with van der Waals surface area (Å²) in [4.78, 5) is 30.1. The SMILES string of the molecule is CCCCCC(NC(=O)OC(C)(C)C)C(=O)N1CCC2(CC1)c1cc(-c3ccccc3)ccc1-c1ccc(-c3ccc4c(c3)C3(CC(CC)(CC)C3)c3cc(-c5ccc6c(c5)C(CCCC)(CCCC)c5cc7c(cc5-6)C(CCCC)(CCCC)c5cc(-c6ccccc6)ccc5-7)ccc3-4)cc12. The van der Waals surface area contributed by atoms with Crippen LogP contribution in [0.1, 0.15) is 255 Å². The number of nitrogens with zero attached hydrogens (tertiary/aromatic N) is 1. The molecule has 102 heavy (non-hydrogen) atoms. The molecule has 9 aromatic rings. The average molecular weight is 1350 g/mol. The smallest absolute Gasteiger partial charge is 0.408 e. The van der Waals surface area contributed by atoms with E-state index in [1.54, 1.807) is 22.3 Å². The number of fused-ring (bicyclic) bond motifs is 16. The first-order valence-corrected chi connectivity index (χ1v) is 40.0. The lowest BCUT2D eigenvalue weighted by atomic mass is 9.47. The molecule has 1 saturated heterocycles. The third-order valence-corrected chi connectivity index (χ3v) is 26.1. The highest BCUT2D eigenvalue weighted by Gasteiger charge is 2.58. The largest absolute Gasteiger partial charge is 0.444 e. The summed E-state index contributed by atoms with van der Waals surface area (Å²) in [5, 5.41) is 3.03. The molecule has 1 atom stereocenters. The van der Waals surface area contributed by atoms with Crippen LogP contribution in [0.5, 0.6) is 0 Å². The predicted molar refractivity (Wildman–Crippen MR) is 427 cm³/mol. The fraction of sp³-hybridized carbons (Fsp3) is 0.423. The monoisotopic (exact) mass is 1350 g/mol. The summed E-state index contributed by atoms with van der Waals surface area (Å²) in [6.07, 6.45) is 23.4. The lowest BCUT2D eigenvalue weighted by Crippen LogP contribution is -2.53. The molecule has 5 aliphatic carbocycles. The number of ether oxygens (including phenoxy) is 1. The van der Waals surface area contributed by atoms with Gasteiger partial charge in [-0.25, -0.2) is 4.79 Å². The fourth-order valence-corrected chi connectivity index (χ4v) is 20.6. The fourth-order valence-electron chi connectivity index (χ4n) is 20.6. The van der Waals surface area contributed by atoms with Crippen LogP contribution in [0, 0.1) is 5.41 Å². The highest BCUT2D eigenvalue weighted by Crippen LogP contribution is 2.69. The Kier molecular flexibility index (Phi) is 18.9. The van der Waals surface area contributed by atoms with Crippen molar-refractivity contribution in [3.63, 3.8) is 0 Å². The van der Waals surface area contributed by atoms with Crippen molar-refractivity contribution in [2.75, 3.05) is 13.1 Å². The molecule has 0 radical (unpaired) electrons. The van der Waals surface area contributed by atoms with Gasteiger partial charge in [-0.2, -0.15) is 0 Å². The van der Waals surface area contributed by atoms with Crippen LogP contribution in [0.15, 0.2) is 182 Å². The quantitative estimate of drug-likeness (QED) is 0.0614. The molecule has 5 heteroatoms. The highest BCUT2D eigenvalue weighted by molar-refractivity contribution is 5.94. The maximum Gasteiger partial charge on any atom is 0.408 e. The van der Waals surface area contributed by atoms with E-state index in [9.17, 15) is 9.59 Å². The Hall–Kier alpha value is -8.28. The molecule has 2 amide bonds. The summed E-state index contributed by atoms with van der Waals surface area (Å²) in [5.74, 6) is -0.00683. The second-order valence-corrected chi connectivity index (χ2v) is 33.1. The Morgan fingerprint density at radius 1 is 0.392 bits per heavy atom. The average Bonchev–Trinajstić information content (AvgIpc) is 1.51. The number of nitrogens with one attached hydrogen (secondary N) is 1. The van der Waals surface area contributed by atoms with E-state index in [1.807, 2.05) is 25.7 Å². The van der Waals surface area contributed by atoms with Crippen LogP contribution in [0.4, 0.5) is 4.79 Å². The summed E-state index contributed by atoms with van der Waals surface area (Å²) in [6, 6.07) is 71.7. The normalized spacial score (nSPS) is 17.0. The van der Waals surface area contributed by atoms with Gasteiger partial charge in [-0.1, -0.05) is 265 Å². The standard InChI is InChI=1S/C97H110N2O3/c1-11-18-25-34-89(98-91(101)102-92(8,9)10)90(100)99-53-51-96(52-54-99)81-55-67(65-30-26-23-27-31-65)35-41-73(81)74-42-37-69(57-82(74)96)71-38-43-75-76-44-39-72(60-86(76)97(85(75)59-71)63-93(16-6,17-7)64-97)70-40-46-78-80-62-87-79(61-88(80)95(49-21-14-4,50-22-15-5)84(78)58-70)77-45-36-68(66-32-28-24-29-33-66)56-83(77)94(87,47-19-12-2)48-20-13-3/h23-24,26-33,35-46,55-62,89H,11-22,25,34,47-54,63-64H2,1-10H3,(H,98,101). The Morgan fingerprint density at radius 3 is 1.08 bits per heavy atom. The number of benzene rings is 9. The first-order valence-electron chi connectivity index (χ1n) is 40.0. The third kappa shape index (κ3) is 11.7. The van der Waals surface area contributed by atoms with Crippen molar-refractivity contribution >= 4 is 12.0 Å². The van der Waals surface area contributed by atoms with E-state index in [-0.39, 0.29) is 27.6 Å². The van der Waals surface area contributed by atoms with Gasteiger partial charge < -0.3 is 15.0 Å². The summed E-state index contributed by atoms with van der Waals surface area (Å²) in [5.41, 5.74) is 32.7. The molecule has 0 aromatic heterocycles. The molecule has 5 nitrogen and oxygen atoms in total.